The van der Waals surface area contributed by atoms with Crippen LogP contribution in [0.5, 0.6) is 0 Å². The van der Waals surface area contributed by atoms with E-state index in [9.17, 15) is 10.1 Å². The molecule has 18 heavy (non-hydrogen) atoms. The van der Waals surface area contributed by atoms with Crippen molar-refractivity contribution in [1.82, 2.24) is 0 Å². The van der Waals surface area contributed by atoms with Crippen molar-refractivity contribution >= 4 is 11.4 Å². The van der Waals surface area contributed by atoms with E-state index < -0.39 is 0 Å². The van der Waals surface area contributed by atoms with Crippen molar-refractivity contribution in [3.63, 3.8) is 0 Å². The molecule has 0 amide bonds. The normalized spacial score (nSPS) is 10.3. The molecule has 0 saturated heterocycles. The summed E-state index contributed by atoms with van der Waals surface area (Å²) in [6.07, 6.45) is 0. The van der Waals surface area contributed by atoms with E-state index in [-0.39, 0.29) is 10.6 Å². The second-order valence-corrected chi connectivity index (χ2v) is 3.74. The molecule has 0 unspecified atom stereocenters. The third kappa shape index (κ3) is 4.31. The Morgan fingerprint density at radius 2 is 2.11 bits per heavy atom. The molecule has 0 spiro atoms. The highest BCUT2D eigenvalue weighted by Crippen LogP contribution is 2.24. The first-order valence-corrected chi connectivity index (χ1v) is 5.71. The molecule has 1 aromatic carbocycles. The highest BCUT2D eigenvalue weighted by Gasteiger charge is 2.12. The summed E-state index contributed by atoms with van der Waals surface area (Å²) in [5, 5.41) is 13.9. The van der Waals surface area contributed by atoms with Gasteiger partial charge in [-0.1, -0.05) is 6.07 Å². The van der Waals surface area contributed by atoms with Gasteiger partial charge >= 0.3 is 0 Å². The maximum absolute atomic E-state index is 10.8. The maximum Gasteiger partial charge on any atom is 0.274 e. The zero-order valence-electron chi connectivity index (χ0n) is 10.6. The number of benzene rings is 1. The number of nitro groups is 1. The van der Waals surface area contributed by atoms with E-state index in [4.69, 9.17) is 9.47 Å². The van der Waals surface area contributed by atoms with Crippen LogP contribution in [0.4, 0.5) is 11.4 Å². The molecule has 1 rings (SSSR count). The Bertz CT molecular complexity index is 396. The fourth-order valence-electron chi connectivity index (χ4n) is 1.51. The summed E-state index contributed by atoms with van der Waals surface area (Å²) >= 11 is 0. The Labute approximate surface area is 106 Å². The van der Waals surface area contributed by atoms with E-state index in [0.29, 0.717) is 31.9 Å². The first-order valence-electron chi connectivity index (χ1n) is 5.71. The van der Waals surface area contributed by atoms with Crippen molar-refractivity contribution in [2.45, 2.75) is 6.92 Å². The first-order chi connectivity index (χ1) is 8.66. The zero-order valence-corrected chi connectivity index (χ0v) is 10.6. The van der Waals surface area contributed by atoms with E-state index in [1.165, 1.54) is 6.07 Å². The van der Waals surface area contributed by atoms with Gasteiger partial charge in [0.2, 0.25) is 0 Å². The molecule has 0 atom stereocenters. The quantitative estimate of drug-likeness (QED) is 0.436. The molecular formula is C12H18N2O4. The molecule has 0 heterocycles. The highest BCUT2D eigenvalue weighted by atomic mass is 16.6. The lowest BCUT2D eigenvalue weighted by Gasteiger charge is -2.09. The van der Waals surface area contributed by atoms with E-state index in [2.05, 4.69) is 5.32 Å². The lowest BCUT2D eigenvalue weighted by molar-refractivity contribution is -0.385. The van der Waals surface area contributed by atoms with E-state index in [0.717, 1.165) is 5.69 Å². The standard InChI is InChI=1S/C12H18N2O4/c1-10-11(4-3-5-12(10)14(15)16)13-6-7-18-9-8-17-2/h3-5,13H,6-9H2,1-2H3. The molecule has 6 nitrogen and oxygen atoms in total. The molecule has 0 bridgehead atoms. The summed E-state index contributed by atoms with van der Waals surface area (Å²) in [4.78, 5) is 10.4. The van der Waals surface area contributed by atoms with Crippen molar-refractivity contribution in [3.05, 3.63) is 33.9 Å². The second-order valence-electron chi connectivity index (χ2n) is 3.74. The van der Waals surface area contributed by atoms with Crippen molar-refractivity contribution < 1.29 is 14.4 Å². The molecule has 0 aliphatic rings. The van der Waals surface area contributed by atoms with E-state index in [1.54, 1.807) is 20.1 Å². The predicted molar refractivity (Wildman–Crippen MR) is 69.0 cm³/mol. The van der Waals surface area contributed by atoms with Crippen molar-refractivity contribution in [1.29, 1.82) is 0 Å². The predicted octanol–water partition coefficient (Wildman–Crippen LogP) is 1.98. The Hall–Kier alpha value is -1.66. The molecule has 0 aliphatic heterocycles. The molecule has 0 fully saturated rings. The summed E-state index contributed by atoms with van der Waals surface area (Å²) in [5.41, 5.74) is 1.53. The van der Waals surface area contributed by atoms with Gasteiger partial charge in [-0.2, -0.15) is 0 Å². The Kier molecular flexibility index (Phi) is 6.10. The van der Waals surface area contributed by atoms with Crippen molar-refractivity contribution in [3.8, 4) is 0 Å². The van der Waals surface area contributed by atoms with Gasteiger partial charge in [0.05, 0.1) is 24.7 Å². The second kappa shape index (κ2) is 7.62. The summed E-state index contributed by atoms with van der Waals surface area (Å²) < 4.78 is 10.1. The van der Waals surface area contributed by atoms with Gasteiger partial charge in [0.15, 0.2) is 0 Å². The van der Waals surface area contributed by atoms with Crippen LogP contribution in [0, 0.1) is 17.0 Å². The van der Waals surface area contributed by atoms with Gasteiger partial charge in [0.25, 0.3) is 5.69 Å². The lowest BCUT2D eigenvalue weighted by atomic mass is 10.1. The number of nitrogens with zero attached hydrogens (tertiary/aromatic N) is 1. The average molecular weight is 254 g/mol. The largest absolute Gasteiger partial charge is 0.382 e. The fraction of sp³-hybridized carbons (Fsp3) is 0.500. The number of ether oxygens (including phenoxy) is 2. The Balaban J connectivity index is 2.43. The van der Waals surface area contributed by atoms with Crippen LogP contribution in [-0.4, -0.2) is 38.4 Å². The first kappa shape index (κ1) is 14.4. The van der Waals surface area contributed by atoms with Crippen LogP contribution in [0.2, 0.25) is 0 Å². The van der Waals surface area contributed by atoms with Crippen LogP contribution in [-0.2, 0) is 9.47 Å². The van der Waals surface area contributed by atoms with Crippen molar-refractivity contribution in [2.75, 3.05) is 38.8 Å². The summed E-state index contributed by atoms with van der Waals surface area (Å²) in [7, 11) is 1.62. The van der Waals surface area contributed by atoms with Gasteiger partial charge in [-0.3, -0.25) is 10.1 Å². The topological polar surface area (TPSA) is 73.6 Å². The molecule has 0 aromatic heterocycles. The minimum atomic E-state index is -0.379. The summed E-state index contributed by atoms with van der Waals surface area (Å²) in [5.74, 6) is 0. The number of hydrogen-bond acceptors (Lipinski definition) is 5. The molecule has 100 valence electrons. The molecule has 0 aliphatic carbocycles. The van der Waals surface area contributed by atoms with Crippen LogP contribution >= 0.6 is 0 Å². The number of methoxy groups -OCH3 is 1. The van der Waals surface area contributed by atoms with Crippen LogP contribution in [0.1, 0.15) is 5.56 Å². The smallest absolute Gasteiger partial charge is 0.274 e. The minimum absolute atomic E-state index is 0.125. The van der Waals surface area contributed by atoms with Crippen LogP contribution < -0.4 is 5.32 Å². The summed E-state index contributed by atoms with van der Waals surface area (Å²) in [6.45, 7) is 3.98. The van der Waals surface area contributed by atoms with Gasteiger partial charge < -0.3 is 14.8 Å². The SMILES string of the molecule is COCCOCCNc1cccc([N+](=O)[O-])c1C. The molecule has 6 heteroatoms. The van der Waals surface area contributed by atoms with Gasteiger partial charge in [-0.25, -0.2) is 0 Å². The molecule has 1 N–H and O–H groups in total. The molecule has 0 radical (unpaired) electrons. The molecule has 0 saturated carbocycles. The van der Waals surface area contributed by atoms with Crippen LogP contribution in [0.15, 0.2) is 18.2 Å². The lowest BCUT2D eigenvalue weighted by Crippen LogP contribution is -2.12. The van der Waals surface area contributed by atoms with Gasteiger partial charge in [0.1, 0.15) is 0 Å². The average Bonchev–Trinajstić information content (AvgIpc) is 2.35. The third-order valence-corrected chi connectivity index (χ3v) is 2.50. The number of nitro benzene ring substituents is 1. The van der Waals surface area contributed by atoms with Crippen LogP contribution in [0.3, 0.4) is 0 Å². The molecular weight excluding hydrogens is 236 g/mol. The van der Waals surface area contributed by atoms with Gasteiger partial charge in [-0.15, -0.1) is 0 Å². The van der Waals surface area contributed by atoms with E-state index in [1.807, 2.05) is 6.07 Å². The van der Waals surface area contributed by atoms with Crippen molar-refractivity contribution in [2.24, 2.45) is 0 Å². The van der Waals surface area contributed by atoms with Gasteiger partial charge in [-0.05, 0) is 13.0 Å². The number of nitrogens with one attached hydrogen (secondary N) is 1. The van der Waals surface area contributed by atoms with Gasteiger partial charge in [0, 0.05) is 31.0 Å². The highest BCUT2D eigenvalue weighted by molar-refractivity contribution is 5.59. The number of hydrogen-bond donors (Lipinski definition) is 1. The molecule has 1 aromatic rings. The summed E-state index contributed by atoms with van der Waals surface area (Å²) in [6, 6.07) is 4.98. The zero-order chi connectivity index (χ0) is 13.4. The third-order valence-electron chi connectivity index (χ3n) is 2.50. The Morgan fingerprint density at radius 1 is 1.33 bits per heavy atom. The maximum atomic E-state index is 10.8. The van der Waals surface area contributed by atoms with E-state index >= 15 is 0 Å². The fourth-order valence-corrected chi connectivity index (χ4v) is 1.51. The van der Waals surface area contributed by atoms with Crippen LogP contribution in [0.25, 0.3) is 0 Å². The Morgan fingerprint density at radius 3 is 2.78 bits per heavy atom. The number of rotatable bonds is 8. The monoisotopic (exact) mass is 254 g/mol. The minimum Gasteiger partial charge on any atom is -0.382 e. The number of anilines is 1.